The summed E-state index contributed by atoms with van der Waals surface area (Å²) in [6.07, 6.45) is 0. The number of rotatable bonds is 3. The van der Waals surface area contributed by atoms with Gasteiger partial charge in [-0.1, -0.05) is 24.3 Å². The Morgan fingerprint density at radius 3 is 2.38 bits per heavy atom. The van der Waals surface area contributed by atoms with Crippen molar-refractivity contribution in [1.29, 1.82) is 0 Å². The summed E-state index contributed by atoms with van der Waals surface area (Å²) >= 11 is 0. The first kappa shape index (κ1) is 16.4. The normalized spacial score (nSPS) is 17.0. The number of ether oxygens (including phenoxy) is 2. The van der Waals surface area contributed by atoms with Gasteiger partial charge in [0.2, 0.25) is 6.79 Å². The van der Waals surface area contributed by atoms with Gasteiger partial charge in [0.25, 0.3) is 0 Å². The standard InChI is InChI=1S/C20H20N2O4/c1-20(2,14-8-9-16-17(12-14)26-13-25-16)22-11-10-21(18(23)19(22)24)15-6-4-3-5-7-15/h3-9,12H,10-11,13H2,1-2H3. The number of para-hydroxylation sites is 1. The predicted octanol–water partition coefficient (Wildman–Crippen LogP) is 2.53. The molecule has 0 atom stereocenters. The third-order valence-electron chi connectivity index (χ3n) is 5.04. The number of carbonyl (C=O) groups is 2. The maximum absolute atomic E-state index is 12.8. The second-order valence-corrected chi connectivity index (χ2v) is 6.88. The zero-order chi connectivity index (χ0) is 18.3. The molecule has 0 aliphatic carbocycles. The molecule has 134 valence electrons. The number of carbonyl (C=O) groups excluding carboxylic acids is 2. The summed E-state index contributed by atoms with van der Waals surface area (Å²) in [7, 11) is 0. The van der Waals surface area contributed by atoms with Crippen molar-refractivity contribution in [3.05, 3.63) is 54.1 Å². The van der Waals surface area contributed by atoms with E-state index >= 15 is 0 Å². The molecule has 4 rings (SSSR count). The lowest BCUT2D eigenvalue weighted by Crippen LogP contribution is -2.59. The first-order valence-corrected chi connectivity index (χ1v) is 8.57. The minimum atomic E-state index is -0.642. The van der Waals surface area contributed by atoms with Gasteiger partial charge in [0.05, 0.1) is 5.54 Å². The van der Waals surface area contributed by atoms with Crippen molar-refractivity contribution in [1.82, 2.24) is 4.90 Å². The summed E-state index contributed by atoms with van der Waals surface area (Å²) in [5.41, 5.74) is 0.999. The van der Waals surface area contributed by atoms with E-state index in [1.165, 1.54) is 4.90 Å². The maximum Gasteiger partial charge on any atom is 0.316 e. The van der Waals surface area contributed by atoms with Gasteiger partial charge in [-0.25, -0.2) is 0 Å². The molecule has 1 fully saturated rings. The summed E-state index contributed by atoms with van der Waals surface area (Å²) in [4.78, 5) is 28.7. The molecule has 0 radical (unpaired) electrons. The van der Waals surface area contributed by atoms with Crippen LogP contribution < -0.4 is 14.4 Å². The molecule has 2 amide bonds. The molecule has 2 aliphatic heterocycles. The molecule has 1 saturated heterocycles. The highest BCUT2D eigenvalue weighted by Crippen LogP contribution is 2.38. The average Bonchev–Trinajstić information content (AvgIpc) is 3.12. The number of hydrogen-bond acceptors (Lipinski definition) is 4. The average molecular weight is 352 g/mol. The topological polar surface area (TPSA) is 59.1 Å². The van der Waals surface area contributed by atoms with E-state index in [9.17, 15) is 9.59 Å². The van der Waals surface area contributed by atoms with E-state index in [0.29, 0.717) is 24.6 Å². The van der Waals surface area contributed by atoms with Gasteiger partial charge in [0.1, 0.15) is 0 Å². The van der Waals surface area contributed by atoms with Gasteiger partial charge in [-0.05, 0) is 43.7 Å². The van der Waals surface area contributed by atoms with E-state index in [0.717, 1.165) is 11.3 Å². The number of anilines is 1. The van der Waals surface area contributed by atoms with Crippen LogP contribution in [-0.4, -0.2) is 36.6 Å². The lowest BCUT2D eigenvalue weighted by atomic mass is 9.90. The van der Waals surface area contributed by atoms with Crippen molar-refractivity contribution in [3.8, 4) is 11.5 Å². The molecule has 0 unspecified atom stereocenters. The molecule has 0 N–H and O–H groups in total. The van der Waals surface area contributed by atoms with Gasteiger partial charge in [-0.2, -0.15) is 0 Å². The highest BCUT2D eigenvalue weighted by atomic mass is 16.7. The fourth-order valence-corrected chi connectivity index (χ4v) is 3.45. The molecule has 2 heterocycles. The Balaban J connectivity index is 1.60. The van der Waals surface area contributed by atoms with Crippen LogP contribution in [0.25, 0.3) is 0 Å². The van der Waals surface area contributed by atoms with Crippen LogP contribution in [0.5, 0.6) is 11.5 Å². The summed E-state index contributed by atoms with van der Waals surface area (Å²) in [5.74, 6) is 0.358. The summed E-state index contributed by atoms with van der Waals surface area (Å²) in [5, 5.41) is 0. The molecule has 0 saturated carbocycles. The number of fused-ring (bicyclic) bond motifs is 1. The van der Waals surface area contributed by atoms with Crippen LogP contribution in [0.1, 0.15) is 19.4 Å². The monoisotopic (exact) mass is 352 g/mol. The maximum atomic E-state index is 12.8. The van der Waals surface area contributed by atoms with Crippen molar-refractivity contribution in [3.63, 3.8) is 0 Å². The van der Waals surface area contributed by atoms with Crippen LogP contribution >= 0.6 is 0 Å². The van der Waals surface area contributed by atoms with E-state index in [1.54, 1.807) is 4.90 Å². The second-order valence-electron chi connectivity index (χ2n) is 6.88. The van der Waals surface area contributed by atoms with Crippen molar-refractivity contribution in [2.24, 2.45) is 0 Å². The van der Waals surface area contributed by atoms with Crippen molar-refractivity contribution in [2.75, 3.05) is 24.8 Å². The SMILES string of the molecule is CC(C)(c1ccc2c(c1)OCO2)N1CCN(c2ccccc2)C(=O)C1=O. The van der Waals surface area contributed by atoms with E-state index < -0.39 is 17.4 Å². The second kappa shape index (κ2) is 6.05. The first-order chi connectivity index (χ1) is 12.5. The minimum Gasteiger partial charge on any atom is -0.454 e. The molecule has 26 heavy (non-hydrogen) atoms. The molecule has 0 spiro atoms. The molecule has 2 aromatic carbocycles. The quantitative estimate of drug-likeness (QED) is 0.797. The lowest BCUT2D eigenvalue weighted by Gasteiger charge is -2.43. The number of benzene rings is 2. The Morgan fingerprint density at radius 2 is 1.62 bits per heavy atom. The fourth-order valence-electron chi connectivity index (χ4n) is 3.45. The minimum absolute atomic E-state index is 0.201. The Kier molecular flexibility index (Phi) is 3.83. The molecule has 0 bridgehead atoms. The Labute approximate surface area is 151 Å². The van der Waals surface area contributed by atoms with Crippen molar-refractivity contribution < 1.29 is 19.1 Å². The van der Waals surface area contributed by atoms with Crippen molar-refractivity contribution >= 4 is 17.5 Å². The highest BCUT2D eigenvalue weighted by Gasteiger charge is 2.41. The Bertz CT molecular complexity index is 863. The van der Waals surface area contributed by atoms with Crippen LogP contribution in [0.2, 0.25) is 0 Å². The summed E-state index contributed by atoms with van der Waals surface area (Å²) in [6, 6.07) is 14.9. The number of amides is 2. The van der Waals surface area contributed by atoms with Crippen LogP contribution in [0.15, 0.2) is 48.5 Å². The number of piperazine rings is 1. The Morgan fingerprint density at radius 1 is 0.885 bits per heavy atom. The number of hydrogen-bond donors (Lipinski definition) is 0. The third-order valence-corrected chi connectivity index (χ3v) is 5.04. The third kappa shape index (κ3) is 2.58. The zero-order valence-electron chi connectivity index (χ0n) is 14.8. The highest BCUT2D eigenvalue weighted by molar-refractivity contribution is 6.41. The van der Waals surface area contributed by atoms with Gasteiger partial charge in [-0.15, -0.1) is 0 Å². The Hall–Kier alpha value is -3.02. The lowest BCUT2D eigenvalue weighted by molar-refractivity contribution is -0.150. The number of nitrogens with zero attached hydrogens (tertiary/aromatic N) is 2. The first-order valence-electron chi connectivity index (χ1n) is 8.57. The molecule has 6 nitrogen and oxygen atoms in total. The van der Waals surface area contributed by atoms with Crippen LogP contribution in [0.3, 0.4) is 0 Å². The molecular formula is C20H20N2O4. The van der Waals surface area contributed by atoms with Crippen LogP contribution in [-0.2, 0) is 15.1 Å². The summed E-state index contributed by atoms with van der Waals surface area (Å²) in [6.45, 7) is 5.00. The predicted molar refractivity (Wildman–Crippen MR) is 96.1 cm³/mol. The van der Waals surface area contributed by atoms with E-state index in [2.05, 4.69) is 0 Å². The molecule has 2 aromatic rings. The zero-order valence-corrected chi connectivity index (χ0v) is 14.8. The van der Waals surface area contributed by atoms with E-state index in [-0.39, 0.29) is 6.79 Å². The van der Waals surface area contributed by atoms with Gasteiger partial charge in [0, 0.05) is 18.8 Å². The van der Waals surface area contributed by atoms with E-state index in [4.69, 9.17) is 9.47 Å². The molecule has 0 aromatic heterocycles. The largest absolute Gasteiger partial charge is 0.454 e. The van der Waals surface area contributed by atoms with Gasteiger partial charge in [0.15, 0.2) is 11.5 Å². The summed E-state index contributed by atoms with van der Waals surface area (Å²) < 4.78 is 10.8. The van der Waals surface area contributed by atoms with Crippen LogP contribution in [0.4, 0.5) is 5.69 Å². The van der Waals surface area contributed by atoms with Crippen LogP contribution in [0, 0.1) is 0 Å². The van der Waals surface area contributed by atoms with Crippen molar-refractivity contribution in [2.45, 2.75) is 19.4 Å². The smallest absolute Gasteiger partial charge is 0.316 e. The van der Waals surface area contributed by atoms with Gasteiger partial charge >= 0.3 is 11.8 Å². The van der Waals surface area contributed by atoms with E-state index in [1.807, 2.05) is 62.4 Å². The molecule has 2 aliphatic rings. The van der Waals surface area contributed by atoms with Gasteiger partial charge < -0.3 is 19.3 Å². The fraction of sp³-hybridized carbons (Fsp3) is 0.300. The molecular weight excluding hydrogens is 332 g/mol. The molecule has 6 heteroatoms. The van der Waals surface area contributed by atoms with Gasteiger partial charge in [-0.3, -0.25) is 9.59 Å².